The highest BCUT2D eigenvalue weighted by atomic mass is 16.5. The molecule has 1 aromatic rings. The van der Waals surface area contributed by atoms with Crippen molar-refractivity contribution in [3.63, 3.8) is 0 Å². The largest absolute Gasteiger partial charge is 0.481 e. The van der Waals surface area contributed by atoms with E-state index in [0.717, 1.165) is 42.7 Å². The Morgan fingerprint density at radius 3 is 2.64 bits per heavy atom. The molecule has 2 saturated heterocycles. The lowest BCUT2D eigenvalue weighted by molar-refractivity contribution is -0.137. The van der Waals surface area contributed by atoms with Gasteiger partial charge in [0.15, 0.2) is 0 Å². The van der Waals surface area contributed by atoms with E-state index in [4.69, 9.17) is 19.8 Å². The van der Waals surface area contributed by atoms with E-state index < -0.39 is 5.97 Å². The van der Waals surface area contributed by atoms with Crippen molar-refractivity contribution >= 4 is 17.7 Å². The molecule has 0 radical (unpaired) electrons. The quantitative estimate of drug-likeness (QED) is 0.892. The average Bonchev–Trinajstić information content (AvgIpc) is 2.91. The maximum Gasteiger partial charge on any atom is 0.303 e. The number of hydrogen-bond acceptors (Lipinski definition) is 6. The lowest BCUT2D eigenvalue weighted by Gasteiger charge is -2.39. The first-order chi connectivity index (χ1) is 12.0. The predicted molar refractivity (Wildman–Crippen MR) is 91.6 cm³/mol. The predicted octanol–water partition coefficient (Wildman–Crippen LogP) is 1.82. The number of hydrogen-bond donors (Lipinski definition) is 1. The molecule has 3 fully saturated rings. The van der Waals surface area contributed by atoms with E-state index in [2.05, 4.69) is 23.6 Å². The third-order valence-corrected chi connectivity index (χ3v) is 6.53. The Kier molecular flexibility index (Phi) is 3.26. The van der Waals surface area contributed by atoms with Crippen molar-refractivity contribution in [2.75, 3.05) is 29.4 Å². The van der Waals surface area contributed by atoms with Crippen LogP contribution in [-0.4, -0.2) is 46.7 Å². The summed E-state index contributed by atoms with van der Waals surface area (Å²) in [7, 11) is 0. The number of carbonyl (C=O) groups is 1. The minimum Gasteiger partial charge on any atom is -0.481 e. The number of carboxylic acid groups (broad SMARTS) is 1. The molecule has 0 amide bonds. The minimum absolute atomic E-state index is 0.0176. The second kappa shape index (κ2) is 5.30. The van der Waals surface area contributed by atoms with Gasteiger partial charge in [-0.2, -0.15) is 4.98 Å². The molecular weight excluding hydrogens is 320 g/mol. The molecule has 7 nitrogen and oxygen atoms in total. The average molecular weight is 344 g/mol. The SMILES string of the molecule is C[C@@H]1OCc2c1nc(N1CC[C@@H]1C)nc2N1C[C@@H]2[C@H](CC(=O)O)[C@@H]2C1. The molecule has 1 aliphatic carbocycles. The van der Waals surface area contributed by atoms with Crippen molar-refractivity contribution in [2.24, 2.45) is 17.8 Å². The van der Waals surface area contributed by atoms with Gasteiger partial charge in [-0.15, -0.1) is 0 Å². The maximum atomic E-state index is 11.0. The number of piperidine rings is 1. The second-order valence-electron chi connectivity index (χ2n) is 7.99. The summed E-state index contributed by atoms with van der Waals surface area (Å²) in [6.45, 7) is 7.68. The molecular formula is C18H24N4O3. The van der Waals surface area contributed by atoms with Crippen LogP contribution in [0.1, 0.15) is 44.1 Å². The fraction of sp³-hybridized carbons (Fsp3) is 0.722. The van der Waals surface area contributed by atoms with Gasteiger partial charge in [0.2, 0.25) is 5.95 Å². The Morgan fingerprint density at radius 2 is 2.04 bits per heavy atom. The third kappa shape index (κ3) is 2.32. The number of ether oxygens (including phenoxy) is 1. The van der Waals surface area contributed by atoms with Crippen molar-refractivity contribution in [3.8, 4) is 0 Å². The first-order valence-electron chi connectivity index (χ1n) is 9.28. The molecule has 1 aromatic heterocycles. The lowest BCUT2D eigenvalue weighted by Crippen LogP contribution is -2.47. The van der Waals surface area contributed by atoms with Gasteiger partial charge in [-0.3, -0.25) is 4.79 Å². The standard InChI is InChI=1S/C18H24N4O3/c1-9-3-4-22(9)18-19-16-10(2)25-8-14(16)17(20-18)21-6-12-11(5-15(23)24)13(12)7-21/h9-13H,3-8H2,1-2H3,(H,23,24)/t9-,10-,11-,12+,13-/m0/s1. The van der Waals surface area contributed by atoms with Crippen molar-refractivity contribution in [2.45, 2.75) is 45.4 Å². The van der Waals surface area contributed by atoms with Crippen LogP contribution in [0.3, 0.4) is 0 Å². The summed E-state index contributed by atoms with van der Waals surface area (Å²) in [6.07, 6.45) is 1.51. The summed E-state index contributed by atoms with van der Waals surface area (Å²) in [5, 5.41) is 9.02. The van der Waals surface area contributed by atoms with Crippen molar-refractivity contribution in [1.82, 2.24) is 9.97 Å². The van der Waals surface area contributed by atoms with Gasteiger partial charge >= 0.3 is 5.97 Å². The second-order valence-corrected chi connectivity index (χ2v) is 7.99. The minimum atomic E-state index is -0.676. The molecule has 0 spiro atoms. The number of fused-ring (bicyclic) bond motifs is 2. The monoisotopic (exact) mass is 344 g/mol. The van der Waals surface area contributed by atoms with Crippen LogP contribution < -0.4 is 9.80 Å². The van der Waals surface area contributed by atoms with E-state index in [0.29, 0.717) is 36.8 Å². The topological polar surface area (TPSA) is 78.8 Å². The summed E-state index contributed by atoms with van der Waals surface area (Å²) in [4.78, 5) is 25.3. The first-order valence-corrected chi connectivity index (χ1v) is 9.28. The molecule has 25 heavy (non-hydrogen) atoms. The Hall–Kier alpha value is -1.89. The van der Waals surface area contributed by atoms with Gasteiger partial charge in [0.1, 0.15) is 5.82 Å². The molecule has 134 valence electrons. The lowest BCUT2D eigenvalue weighted by atomic mass is 10.1. The van der Waals surface area contributed by atoms with Gasteiger partial charge < -0.3 is 19.6 Å². The van der Waals surface area contributed by atoms with E-state index in [-0.39, 0.29) is 6.10 Å². The van der Waals surface area contributed by atoms with Gasteiger partial charge in [0.25, 0.3) is 0 Å². The van der Waals surface area contributed by atoms with Gasteiger partial charge in [-0.1, -0.05) is 0 Å². The van der Waals surface area contributed by atoms with Crippen LogP contribution in [0.25, 0.3) is 0 Å². The molecule has 5 rings (SSSR count). The Balaban J connectivity index is 1.42. The van der Waals surface area contributed by atoms with Crippen LogP contribution in [0.15, 0.2) is 0 Å². The Bertz CT molecular complexity index is 727. The van der Waals surface area contributed by atoms with Gasteiger partial charge in [0, 0.05) is 37.7 Å². The molecule has 3 aliphatic heterocycles. The zero-order valence-corrected chi connectivity index (χ0v) is 14.7. The number of aliphatic carboxylic acids is 1. The van der Waals surface area contributed by atoms with Crippen molar-refractivity contribution in [1.29, 1.82) is 0 Å². The van der Waals surface area contributed by atoms with Crippen LogP contribution in [0.5, 0.6) is 0 Å². The molecule has 0 bridgehead atoms. The Morgan fingerprint density at radius 1 is 1.28 bits per heavy atom. The smallest absolute Gasteiger partial charge is 0.303 e. The zero-order chi connectivity index (χ0) is 17.3. The molecule has 0 unspecified atom stereocenters. The Labute approximate surface area is 147 Å². The fourth-order valence-corrected chi connectivity index (χ4v) is 4.77. The summed E-state index contributed by atoms with van der Waals surface area (Å²) in [5.74, 6) is 2.54. The van der Waals surface area contributed by atoms with E-state index >= 15 is 0 Å². The van der Waals surface area contributed by atoms with E-state index in [1.807, 2.05) is 0 Å². The number of aromatic nitrogens is 2. The van der Waals surface area contributed by atoms with Gasteiger partial charge in [0.05, 0.1) is 18.4 Å². The molecule has 7 heteroatoms. The van der Waals surface area contributed by atoms with Crippen molar-refractivity contribution in [3.05, 3.63) is 11.3 Å². The number of carboxylic acids is 1. The molecule has 1 N–H and O–H groups in total. The first kappa shape index (κ1) is 15.4. The van der Waals surface area contributed by atoms with Gasteiger partial charge in [-0.05, 0) is 38.0 Å². The van der Waals surface area contributed by atoms with Crippen LogP contribution >= 0.6 is 0 Å². The van der Waals surface area contributed by atoms with Crippen LogP contribution in [0.2, 0.25) is 0 Å². The molecule has 4 heterocycles. The van der Waals surface area contributed by atoms with Gasteiger partial charge in [-0.25, -0.2) is 4.98 Å². The molecule has 5 atom stereocenters. The highest BCUT2D eigenvalue weighted by Gasteiger charge is 2.56. The molecule has 1 saturated carbocycles. The van der Waals surface area contributed by atoms with E-state index in [1.54, 1.807) is 0 Å². The number of nitrogens with zero attached hydrogens (tertiary/aromatic N) is 4. The van der Waals surface area contributed by atoms with Crippen LogP contribution in [0, 0.1) is 17.8 Å². The van der Waals surface area contributed by atoms with Crippen molar-refractivity contribution < 1.29 is 14.6 Å². The molecule has 0 aromatic carbocycles. The highest BCUT2D eigenvalue weighted by Crippen LogP contribution is 2.55. The summed E-state index contributed by atoms with van der Waals surface area (Å²) in [6, 6.07) is 0.496. The number of anilines is 2. The van der Waals surface area contributed by atoms with E-state index in [1.165, 1.54) is 6.42 Å². The van der Waals surface area contributed by atoms with Crippen LogP contribution in [0.4, 0.5) is 11.8 Å². The maximum absolute atomic E-state index is 11.0. The summed E-state index contributed by atoms with van der Waals surface area (Å²) in [5.41, 5.74) is 2.15. The number of rotatable bonds is 4. The highest BCUT2D eigenvalue weighted by molar-refractivity contribution is 5.68. The third-order valence-electron chi connectivity index (χ3n) is 6.53. The van der Waals surface area contributed by atoms with E-state index in [9.17, 15) is 4.79 Å². The summed E-state index contributed by atoms with van der Waals surface area (Å²) >= 11 is 0. The molecule has 4 aliphatic rings. The van der Waals surface area contributed by atoms with Crippen LogP contribution in [-0.2, 0) is 16.1 Å². The zero-order valence-electron chi connectivity index (χ0n) is 14.7. The fourth-order valence-electron chi connectivity index (χ4n) is 4.77. The summed E-state index contributed by atoms with van der Waals surface area (Å²) < 4.78 is 5.82. The normalized spacial score (nSPS) is 35.4.